The first-order chi connectivity index (χ1) is 18.1. The Morgan fingerprint density at radius 3 is 2.81 bits per heavy atom. The van der Waals surface area contributed by atoms with Crippen LogP contribution in [0.3, 0.4) is 0 Å². The van der Waals surface area contributed by atoms with Gasteiger partial charge in [-0.2, -0.15) is 0 Å². The van der Waals surface area contributed by atoms with E-state index in [4.69, 9.17) is 9.47 Å². The van der Waals surface area contributed by atoms with Crippen molar-refractivity contribution in [3.05, 3.63) is 71.8 Å². The zero-order valence-electron chi connectivity index (χ0n) is 21.6. The maximum atomic E-state index is 13.6. The second-order valence-electron chi connectivity index (χ2n) is 10.4. The monoisotopic (exact) mass is 503 g/mol. The summed E-state index contributed by atoms with van der Waals surface area (Å²) < 4.78 is 11.6. The fourth-order valence-corrected chi connectivity index (χ4v) is 5.35. The molecule has 7 nitrogen and oxygen atoms in total. The summed E-state index contributed by atoms with van der Waals surface area (Å²) in [5.41, 5.74) is 2.15. The summed E-state index contributed by atoms with van der Waals surface area (Å²) in [6.45, 7) is 3.31. The number of benzene rings is 2. The fraction of sp³-hybridized carbons (Fsp3) is 0.467. The largest absolute Gasteiger partial charge is 0.497 e. The third-order valence-electron chi connectivity index (χ3n) is 7.53. The third-order valence-corrected chi connectivity index (χ3v) is 7.53. The fourth-order valence-electron chi connectivity index (χ4n) is 5.35. The van der Waals surface area contributed by atoms with Crippen LogP contribution in [0.4, 0.5) is 0 Å². The van der Waals surface area contributed by atoms with Gasteiger partial charge in [-0.3, -0.25) is 14.5 Å². The van der Waals surface area contributed by atoms with E-state index >= 15 is 0 Å². The van der Waals surface area contributed by atoms with Crippen molar-refractivity contribution in [3.8, 4) is 11.5 Å². The van der Waals surface area contributed by atoms with Crippen molar-refractivity contribution in [3.63, 3.8) is 0 Å². The summed E-state index contributed by atoms with van der Waals surface area (Å²) in [5.74, 6) is 2.26. The van der Waals surface area contributed by atoms with E-state index in [1.807, 2.05) is 47.4 Å². The molecule has 1 saturated heterocycles. The second kappa shape index (κ2) is 11.8. The molecule has 1 N–H and O–H groups in total. The van der Waals surface area contributed by atoms with Gasteiger partial charge in [0.1, 0.15) is 18.1 Å². The number of carbonyl (C=O) groups is 2. The Morgan fingerprint density at radius 1 is 1.11 bits per heavy atom. The Balaban J connectivity index is 1.36. The molecule has 2 heterocycles. The number of hydrogen-bond acceptors (Lipinski definition) is 5. The Kier molecular flexibility index (Phi) is 8.09. The van der Waals surface area contributed by atoms with E-state index in [2.05, 4.69) is 28.4 Å². The van der Waals surface area contributed by atoms with Gasteiger partial charge in [-0.25, -0.2) is 0 Å². The van der Waals surface area contributed by atoms with Crippen LogP contribution in [0.1, 0.15) is 36.8 Å². The van der Waals surface area contributed by atoms with Gasteiger partial charge in [0.15, 0.2) is 0 Å². The first-order valence-corrected chi connectivity index (χ1v) is 13.4. The molecule has 37 heavy (non-hydrogen) atoms. The van der Waals surface area contributed by atoms with E-state index in [0.717, 1.165) is 41.9 Å². The lowest BCUT2D eigenvalue weighted by Gasteiger charge is -2.38. The molecule has 0 aromatic heterocycles. The van der Waals surface area contributed by atoms with Crippen LogP contribution >= 0.6 is 0 Å². The van der Waals surface area contributed by atoms with E-state index in [9.17, 15) is 9.59 Å². The maximum Gasteiger partial charge on any atom is 0.236 e. The van der Waals surface area contributed by atoms with Crippen LogP contribution in [0.15, 0.2) is 60.7 Å². The highest BCUT2D eigenvalue weighted by atomic mass is 16.5. The number of nitrogens with one attached hydrogen (secondary N) is 1. The quantitative estimate of drug-likeness (QED) is 0.608. The van der Waals surface area contributed by atoms with E-state index in [1.54, 1.807) is 7.11 Å². The molecule has 2 amide bonds. The summed E-state index contributed by atoms with van der Waals surface area (Å²) in [6, 6.07) is 16.4. The van der Waals surface area contributed by atoms with Gasteiger partial charge in [0.05, 0.1) is 13.7 Å². The van der Waals surface area contributed by atoms with Crippen LogP contribution in [0.25, 0.3) is 0 Å². The molecule has 196 valence electrons. The van der Waals surface area contributed by atoms with E-state index < -0.39 is 0 Å². The third kappa shape index (κ3) is 6.92. The Labute approximate surface area is 219 Å². The van der Waals surface area contributed by atoms with Crippen LogP contribution < -0.4 is 14.8 Å². The zero-order chi connectivity index (χ0) is 25.6. The topological polar surface area (TPSA) is 71.1 Å². The first-order valence-electron chi connectivity index (χ1n) is 13.4. The summed E-state index contributed by atoms with van der Waals surface area (Å²) >= 11 is 0. The molecule has 2 aromatic carbocycles. The van der Waals surface area contributed by atoms with Crippen LogP contribution in [0.5, 0.6) is 11.5 Å². The molecule has 2 atom stereocenters. The van der Waals surface area contributed by atoms with E-state index in [-0.39, 0.29) is 23.7 Å². The number of nitrogens with zero attached hydrogens (tertiary/aromatic N) is 2. The smallest absolute Gasteiger partial charge is 0.236 e. The molecule has 0 radical (unpaired) electrons. The van der Waals surface area contributed by atoms with Crippen molar-refractivity contribution in [1.82, 2.24) is 15.1 Å². The Bertz CT molecular complexity index is 1130. The van der Waals surface area contributed by atoms with Crippen LogP contribution in [0, 0.1) is 11.8 Å². The zero-order valence-corrected chi connectivity index (χ0v) is 21.6. The molecule has 7 heteroatoms. The Hall–Kier alpha value is -3.32. The molecule has 0 spiro atoms. The molecular formula is C30H37N3O4. The number of methoxy groups -OCH3 is 1. The number of piperidine rings is 1. The minimum Gasteiger partial charge on any atom is -0.497 e. The number of amides is 2. The molecule has 1 saturated carbocycles. The van der Waals surface area contributed by atoms with Gasteiger partial charge in [-0.15, -0.1) is 0 Å². The second-order valence-corrected chi connectivity index (χ2v) is 10.4. The lowest BCUT2D eigenvalue weighted by Crippen LogP contribution is -2.47. The lowest BCUT2D eigenvalue weighted by molar-refractivity contribution is -0.135. The normalized spacial score (nSPS) is 22.6. The van der Waals surface area contributed by atoms with E-state index in [0.29, 0.717) is 51.8 Å². The van der Waals surface area contributed by atoms with Crippen LogP contribution in [-0.2, 0) is 22.7 Å². The SMILES string of the molecule is COc1cccc(CN2CC(=O)N3CC[C@@H](CC(=O)NC4CC4)[C@@H](C=CCOc4ccccc4C2)C3)c1. The molecule has 5 rings (SSSR count). The van der Waals surface area contributed by atoms with Crippen LogP contribution in [-0.4, -0.2) is 61.0 Å². The highest BCUT2D eigenvalue weighted by Gasteiger charge is 2.33. The Morgan fingerprint density at radius 2 is 1.97 bits per heavy atom. The summed E-state index contributed by atoms with van der Waals surface area (Å²) in [7, 11) is 1.67. The van der Waals surface area contributed by atoms with Gasteiger partial charge in [0.2, 0.25) is 11.8 Å². The molecule has 2 bridgehead atoms. The molecule has 2 aliphatic heterocycles. The minimum absolute atomic E-state index is 0.125. The standard InChI is InChI=1S/C30H37N3O4/c1-36-27-9-4-6-22(16-27)18-32-19-25-7-2-3-10-28(25)37-15-5-8-24-20-33(30(35)21-32)14-13-23(24)17-29(34)31-26-11-12-26/h2-10,16,23-24,26H,11-15,17-21H2,1H3,(H,31,34)/t23-,24-/m0/s1. The highest BCUT2D eigenvalue weighted by Crippen LogP contribution is 2.30. The van der Waals surface area contributed by atoms with Crippen molar-refractivity contribution < 1.29 is 19.1 Å². The van der Waals surface area contributed by atoms with Gasteiger partial charge in [0.25, 0.3) is 0 Å². The van der Waals surface area contributed by atoms with Crippen molar-refractivity contribution in [2.75, 3.05) is 33.4 Å². The van der Waals surface area contributed by atoms with Crippen molar-refractivity contribution in [2.24, 2.45) is 11.8 Å². The number of hydrogen-bond donors (Lipinski definition) is 1. The molecule has 2 aromatic rings. The average molecular weight is 504 g/mol. The van der Waals surface area contributed by atoms with Gasteiger partial charge in [0, 0.05) is 44.2 Å². The summed E-state index contributed by atoms with van der Waals surface area (Å²) in [6.07, 6.45) is 7.73. The van der Waals surface area contributed by atoms with Crippen molar-refractivity contribution in [2.45, 2.75) is 44.8 Å². The molecule has 2 fully saturated rings. The molecule has 3 aliphatic rings. The average Bonchev–Trinajstić information content (AvgIpc) is 3.71. The van der Waals surface area contributed by atoms with Gasteiger partial charge >= 0.3 is 0 Å². The molecule has 0 unspecified atom stereocenters. The van der Waals surface area contributed by atoms with Gasteiger partial charge in [-0.05, 0) is 54.9 Å². The molecular weight excluding hydrogens is 466 g/mol. The van der Waals surface area contributed by atoms with Crippen LogP contribution in [0.2, 0.25) is 0 Å². The summed E-state index contributed by atoms with van der Waals surface area (Å²) in [5, 5.41) is 3.12. The number of para-hydroxylation sites is 1. The minimum atomic E-state index is 0.125. The number of carbonyl (C=O) groups excluding carboxylic acids is 2. The highest BCUT2D eigenvalue weighted by molar-refractivity contribution is 5.79. The van der Waals surface area contributed by atoms with Gasteiger partial charge < -0.3 is 19.7 Å². The van der Waals surface area contributed by atoms with E-state index in [1.165, 1.54) is 0 Å². The lowest BCUT2D eigenvalue weighted by atomic mass is 9.82. The number of ether oxygens (including phenoxy) is 2. The van der Waals surface area contributed by atoms with Crippen molar-refractivity contribution >= 4 is 11.8 Å². The van der Waals surface area contributed by atoms with Crippen molar-refractivity contribution in [1.29, 1.82) is 0 Å². The number of rotatable bonds is 6. The first kappa shape index (κ1) is 25.3. The predicted octanol–water partition coefficient (Wildman–Crippen LogP) is 3.78. The predicted molar refractivity (Wildman–Crippen MR) is 142 cm³/mol. The number of fused-ring (bicyclic) bond motifs is 3. The molecule has 1 aliphatic carbocycles. The summed E-state index contributed by atoms with van der Waals surface area (Å²) in [4.78, 5) is 30.3. The maximum absolute atomic E-state index is 13.6. The van der Waals surface area contributed by atoms with Gasteiger partial charge in [-0.1, -0.05) is 42.5 Å².